The van der Waals surface area contributed by atoms with Crippen molar-refractivity contribution in [1.29, 1.82) is 0 Å². The quantitative estimate of drug-likeness (QED) is 0.641. The maximum atomic E-state index is 12.9. The van der Waals surface area contributed by atoms with Crippen LogP contribution in [0.3, 0.4) is 0 Å². The number of rotatable bonds is 8. The summed E-state index contributed by atoms with van der Waals surface area (Å²) in [5.41, 5.74) is 0.398. The molecule has 2 N–H and O–H groups in total. The second kappa shape index (κ2) is 9.29. The predicted octanol–water partition coefficient (Wildman–Crippen LogP) is 1.68. The zero-order chi connectivity index (χ0) is 20.7. The van der Waals surface area contributed by atoms with Gasteiger partial charge in [0.25, 0.3) is 5.91 Å². The summed E-state index contributed by atoms with van der Waals surface area (Å²) >= 11 is 0. The van der Waals surface area contributed by atoms with Gasteiger partial charge in [-0.15, -0.1) is 0 Å². The molecule has 0 aliphatic heterocycles. The Morgan fingerprint density at radius 3 is 2.39 bits per heavy atom. The summed E-state index contributed by atoms with van der Waals surface area (Å²) in [6, 6.07) is 10.8. The SMILES string of the molecule is COc1ccccc1NC(=O)[C@@H](C)OC(=O)CNS(=O)(=O)c1ccc(F)cc1. The van der Waals surface area contributed by atoms with Gasteiger partial charge in [0.15, 0.2) is 6.10 Å². The number of para-hydroxylation sites is 2. The molecule has 0 aliphatic carbocycles. The van der Waals surface area contributed by atoms with Gasteiger partial charge in [-0.2, -0.15) is 4.72 Å². The Bertz CT molecular complexity index is 947. The minimum atomic E-state index is -4.02. The van der Waals surface area contributed by atoms with Crippen molar-refractivity contribution in [1.82, 2.24) is 4.72 Å². The van der Waals surface area contributed by atoms with Crippen LogP contribution in [0.5, 0.6) is 5.75 Å². The summed E-state index contributed by atoms with van der Waals surface area (Å²) in [5.74, 6) is -1.72. The van der Waals surface area contributed by atoms with Gasteiger partial charge in [0.05, 0.1) is 17.7 Å². The van der Waals surface area contributed by atoms with Gasteiger partial charge < -0.3 is 14.8 Å². The highest BCUT2D eigenvalue weighted by molar-refractivity contribution is 7.89. The Kier molecular flexibility index (Phi) is 7.07. The predicted molar refractivity (Wildman–Crippen MR) is 98.8 cm³/mol. The largest absolute Gasteiger partial charge is 0.495 e. The molecule has 1 atom stereocenters. The zero-order valence-electron chi connectivity index (χ0n) is 15.1. The highest BCUT2D eigenvalue weighted by atomic mass is 32.2. The molecule has 2 aromatic rings. The van der Waals surface area contributed by atoms with Crippen LogP contribution in [0.1, 0.15) is 6.92 Å². The zero-order valence-corrected chi connectivity index (χ0v) is 16.0. The number of anilines is 1. The summed E-state index contributed by atoms with van der Waals surface area (Å²) in [5, 5.41) is 2.55. The number of amides is 1. The summed E-state index contributed by atoms with van der Waals surface area (Å²) in [7, 11) is -2.57. The third-order valence-corrected chi connectivity index (χ3v) is 4.99. The lowest BCUT2D eigenvalue weighted by Crippen LogP contribution is -2.35. The number of esters is 1. The van der Waals surface area contributed by atoms with Crippen molar-refractivity contribution in [2.45, 2.75) is 17.9 Å². The molecular weight excluding hydrogens is 391 g/mol. The fraction of sp³-hybridized carbons (Fsp3) is 0.222. The maximum absolute atomic E-state index is 12.9. The van der Waals surface area contributed by atoms with E-state index in [2.05, 4.69) is 5.32 Å². The van der Waals surface area contributed by atoms with Crippen molar-refractivity contribution in [2.75, 3.05) is 19.0 Å². The van der Waals surface area contributed by atoms with E-state index < -0.39 is 40.4 Å². The topological polar surface area (TPSA) is 111 Å². The summed E-state index contributed by atoms with van der Waals surface area (Å²) in [6.45, 7) is 0.656. The minimum absolute atomic E-state index is 0.205. The first-order chi connectivity index (χ1) is 13.2. The van der Waals surface area contributed by atoms with Gasteiger partial charge in [-0.05, 0) is 43.3 Å². The van der Waals surface area contributed by atoms with Crippen LogP contribution in [-0.2, 0) is 24.3 Å². The van der Waals surface area contributed by atoms with Gasteiger partial charge in [-0.25, -0.2) is 12.8 Å². The van der Waals surface area contributed by atoms with Crippen molar-refractivity contribution in [3.63, 3.8) is 0 Å². The molecule has 0 saturated carbocycles. The van der Waals surface area contributed by atoms with E-state index in [-0.39, 0.29) is 4.90 Å². The highest BCUT2D eigenvalue weighted by Gasteiger charge is 2.21. The Hall–Kier alpha value is -2.98. The molecule has 1 amide bonds. The van der Waals surface area contributed by atoms with Crippen LogP contribution in [0.2, 0.25) is 0 Å². The van der Waals surface area contributed by atoms with E-state index in [0.29, 0.717) is 11.4 Å². The second-order valence-corrected chi connectivity index (χ2v) is 7.37. The van der Waals surface area contributed by atoms with Gasteiger partial charge in [-0.1, -0.05) is 12.1 Å². The van der Waals surface area contributed by atoms with Crippen molar-refractivity contribution in [3.8, 4) is 5.75 Å². The van der Waals surface area contributed by atoms with Crippen LogP contribution in [0, 0.1) is 5.82 Å². The van der Waals surface area contributed by atoms with Crippen LogP contribution >= 0.6 is 0 Å². The van der Waals surface area contributed by atoms with E-state index >= 15 is 0 Å². The molecule has 0 heterocycles. The van der Waals surface area contributed by atoms with Crippen LogP contribution < -0.4 is 14.8 Å². The number of sulfonamides is 1. The number of nitrogens with one attached hydrogen (secondary N) is 2. The Labute approximate surface area is 161 Å². The van der Waals surface area contributed by atoms with E-state index in [1.165, 1.54) is 14.0 Å². The number of ether oxygens (including phenoxy) is 2. The first-order valence-corrected chi connectivity index (χ1v) is 9.60. The van der Waals surface area contributed by atoms with Crippen LogP contribution in [0.15, 0.2) is 53.4 Å². The lowest BCUT2D eigenvalue weighted by molar-refractivity contribution is -0.151. The number of benzene rings is 2. The van der Waals surface area contributed by atoms with Gasteiger partial charge in [0.1, 0.15) is 18.1 Å². The molecule has 0 radical (unpaired) electrons. The second-order valence-electron chi connectivity index (χ2n) is 5.60. The Morgan fingerprint density at radius 2 is 1.75 bits per heavy atom. The van der Waals surface area contributed by atoms with Gasteiger partial charge in [0, 0.05) is 0 Å². The van der Waals surface area contributed by atoms with E-state index in [9.17, 15) is 22.4 Å². The van der Waals surface area contributed by atoms with Crippen molar-refractivity contribution < 1.29 is 31.9 Å². The first-order valence-electron chi connectivity index (χ1n) is 8.11. The molecule has 8 nitrogen and oxygen atoms in total. The monoisotopic (exact) mass is 410 g/mol. The van der Waals surface area contributed by atoms with Crippen LogP contribution in [-0.4, -0.2) is 40.1 Å². The minimum Gasteiger partial charge on any atom is -0.495 e. The molecule has 2 aromatic carbocycles. The summed E-state index contributed by atoms with van der Waals surface area (Å²) in [6.07, 6.45) is -1.17. The van der Waals surface area contributed by atoms with Crippen LogP contribution in [0.4, 0.5) is 10.1 Å². The van der Waals surface area contributed by atoms with Crippen molar-refractivity contribution in [3.05, 3.63) is 54.3 Å². The first kappa shape index (κ1) is 21.3. The van der Waals surface area contributed by atoms with E-state index in [1.54, 1.807) is 24.3 Å². The van der Waals surface area contributed by atoms with Gasteiger partial charge in [0.2, 0.25) is 10.0 Å². The Balaban J connectivity index is 1.89. The summed E-state index contributed by atoms with van der Waals surface area (Å²) < 4.78 is 49.0. The molecule has 0 fully saturated rings. The fourth-order valence-electron chi connectivity index (χ4n) is 2.13. The average molecular weight is 410 g/mol. The number of hydrogen-bond acceptors (Lipinski definition) is 6. The molecule has 0 spiro atoms. The molecule has 2 rings (SSSR count). The van der Waals surface area contributed by atoms with Gasteiger partial charge in [-0.3, -0.25) is 9.59 Å². The lowest BCUT2D eigenvalue weighted by atomic mass is 10.2. The molecule has 0 saturated heterocycles. The van der Waals surface area contributed by atoms with E-state index in [1.807, 2.05) is 4.72 Å². The average Bonchev–Trinajstić information content (AvgIpc) is 2.67. The fourth-order valence-corrected chi connectivity index (χ4v) is 3.09. The van der Waals surface area contributed by atoms with Crippen molar-refractivity contribution in [2.24, 2.45) is 0 Å². The molecule has 0 aliphatic rings. The smallest absolute Gasteiger partial charge is 0.321 e. The maximum Gasteiger partial charge on any atom is 0.321 e. The molecule has 0 bridgehead atoms. The number of hydrogen-bond donors (Lipinski definition) is 2. The summed E-state index contributed by atoms with van der Waals surface area (Å²) in [4.78, 5) is 23.8. The molecular formula is C18H19FN2O6S. The normalized spacial score (nSPS) is 12.1. The Morgan fingerprint density at radius 1 is 1.11 bits per heavy atom. The molecule has 150 valence electrons. The van der Waals surface area contributed by atoms with E-state index in [0.717, 1.165) is 24.3 Å². The highest BCUT2D eigenvalue weighted by Crippen LogP contribution is 2.23. The molecule has 0 unspecified atom stereocenters. The number of carbonyl (C=O) groups is 2. The molecule has 28 heavy (non-hydrogen) atoms. The van der Waals surface area contributed by atoms with E-state index in [4.69, 9.17) is 9.47 Å². The van der Waals surface area contributed by atoms with Crippen molar-refractivity contribution >= 4 is 27.6 Å². The van der Waals surface area contributed by atoms with Gasteiger partial charge >= 0.3 is 5.97 Å². The molecule has 10 heteroatoms. The number of halogens is 1. The number of carbonyl (C=O) groups excluding carboxylic acids is 2. The standard InChI is InChI=1S/C18H19FN2O6S/c1-12(18(23)21-15-5-3-4-6-16(15)26-2)27-17(22)11-20-28(24,25)14-9-7-13(19)8-10-14/h3-10,12,20H,11H2,1-2H3,(H,21,23)/t12-/m1/s1. The number of methoxy groups -OCH3 is 1. The molecule has 0 aromatic heterocycles. The van der Waals surface area contributed by atoms with Crippen LogP contribution in [0.25, 0.3) is 0 Å². The lowest BCUT2D eigenvalue weighted by Gasteiger charge is -2.15. The third-order valence-electron chi connectivity index (χ3n) is 3.57. The third kappa shape index (κ3) is 5.76.